The van der Waals surface area contributed by atoms with Gasteiger partial charge in [0.15, 0.2) is 0 Å². The fraction of sp³-hybridized carbons (Fsp3) is 0.300. The maximum atomic E-state index is 14.3. The van der Waals surface area contributed by atoms with Crippen LogP contribution < -0.4 is 5.32 Å². The molecule has 4 rings (SSSR count). The van der Waals surface area contributed by atoms with Gasteiger partial charge in [-0.2, -0.15) is 0 Å². The number of H-pyrrole nitrogens is 1. The molecular weight excluding hydrogens is 341 g/mol. The first kappa shape index (κ1) is 17.1. The number of halogens is 3. The number of aromatic nitrogens is 1. The summed E-state index contributed by atoms with van der Waals surface area (Å²) < 4.78 is 41.4. The van der Waals surface area contributed by atoms with E-state index in [1.807, 2.05) is 0 Å². The molecule has 1 heterocycles. The molecule has 1 aromatic heterocycles. The SMILES string of the molecule is OCCNC1CC(c2c(-c3ccc(F)cc3)[nH]c3c(F)cc(F)cc23)C1. The Morgan fingerprint density at radius 1 is 1.04 bits per heavy atom. The van der Waals surface area contributed by atoms with Crippen LogP contribution in [0.5, 0.6) is 0 Å². The van der Waals surface area contributed by atoms with Gasteiger partial charge in [-0.15, -0.1) is 0 Å². The molecule has 2 aromatic carbocycles. The van der Waals surface area contributed by atoms with Crippen molar-refractivity contribution in [2.45, 2.75) is 24.8 Å². The molecule has 0 aliphatic heterocycles. The van der Waals surface area contributed by atoms with E-state index in [1.165, 1.54) is 18.2 Å². The standard InChI is InChI=1S/C20H19F3N2O/c21-13-3-1-11(2-4-13)19-18(12-7-15(8-12)24-5-6-26)16-9-14(22)10-17(23)20(16)25-19/h1-4,9-10,12,15,24-26H,5-8H2. The minimum absolute atomic E-state index is 0.0749. The Balaban J connectivity index is 1.78. The molecular formula is C20H19F3N2O. The summed E-state index contributed by atoms with van der Waals surface area (Å²) in [5.74, 6) is -1.46. The molecule has 1 aliphatic carbocycles. The number of nitrogens with one attached hydrogen (secondary N) is 2. The second-order valence-electron chi connectivity index (χ2n) is 6.77. The van der Waals surface area contributed by atoms with Crippen LogP contribution in [-0.2, 0) is 0 Å². The minimum atomic E-state index is -0.635. The van der Waals surface area contributed by atoms with Crippen molar-refractivity contribution in [1.29, 1.82) is 0 Å². The zero-order valence-electron chi connectivity index (χ0n) is 14.0. The van der Waals surface area contributed by atoms with Crippen molar-refractivity contribution >= 4 is 10.9 Å². The van der Waals surface area contributed by atoms with E-state index >= 15 is 0 Å². The van der Waals surface area contributed by atoms with Crippen LogP contribution in [0.2, 0.25) is 0 Å². The Labute approximate surface area is 148 Å². The Morgan fingerprint density at radius 2 is 1.77 bits per heavy atom. The van der Waals surface area contributed by atoms with Crippen LogP contribution in [-0.4, -0.2) is 29.3 Å². The molecule has 0 amide bonds. The van der Waals surface area contributed by atoms with E-state index < -0.39 is 11.6 Å². The first-order valence-electron chi connectivity index (χ1n) is 8.67. The van der Waals surface area contributed by atoms with Gasteiger partial charge >= 0.3 is 0 Å². The molecule has 6 heteroatoms. The summed E-state index contributed by atoms with van der Waals surface area (Å²) in [4.78, 5) is 3.08. The van der Waals surface area contributed by atoms with Crippen LogP contribution in [0.1, 0.15) is 24.3 Å². The molecule has 0 radical (unpaired) electrons. The largest absolute Gasteiger partial charge is 0.395 e. The topological polar surface area (TPSA) is 48.0 Å². The van der Waals surface area contributed by atoms with Crippen LogP contribution >= 0.6 is 0 Å². The maximum Gasteiger partial charge on any atom is 0.150 e. The summed E-state index contributed by atoms with van der Waals surface area (Å²) in [6.45, 7) is 0.602. The van der Waals surface area contributed by atoms with Crippen molar-refractivity contribution < 1.29 is 18.3 Å². The maximum absolute atomic E-state index is 14.3. The second kappa shape index (κ2) is 6.78. The molecule has 3 N–H and O–H groups in total. The van der Waals surface area contributed by atoms with Gasteiger partial charge in [0.05, 0.1) is 17.8 Å². The number of hydrogen-bond donors (Lipinski definition) is 3. The third-order valence-corrected chi connectivity index (χ3v) is 5.09. The third-order valence-electron chi connectivity index (χ3n) is 5.09. The summed E-state index contributed by atoms with van der Waals surface area (Å²) in [6.07, 6.45) is 1.64. The first-order valence-corrected chi connectivity index (χ1v) is 8.67. The normalized spacial score (nSPS) is 19.7. The van der Waals surface area contributed by atoms with Gasteiger partial charge in [0.25, 0.3) is 0 Å². The Morgan fingerprint density at radius 3 is 2.46 bits per heavy atom. The van der Waals surface area contributed by atoms with Crippen molar-refractivity contribution in [3.8, 4) is 11.3 Å². The molecule has 1 saturated carbocycles. The van der Waals surface area contributed by atoms with Crippen LogP contribution in [0.25, 0.3) is 22.2 Å². The predicted octanol–water partition coefficient (Wildman–Crippen LogP) is 4.08. The Bertz CT molecular complexity index is 930. The first-order chi connectivity index (χ1) is 12.6. The lowest BCUT2D eigenvalue weighted by Crippen LogP contribution is -2.41. The number of aromatic amines is 1. The van der Waals surface area contributed by atoms with E-state index in [0.29, 0.717) is 17.6 Å². The molecule has 26 heavy (non-hydrogen) atoms. The summed E-state index contributed by atoms with van der Waals surface area (Å²) in [6, 6.07) is 8.48. The second-order valence-corrected chi connectivity index (χ2v) is 6.77. The van der Waals surface area contributed by atoms with Gasteiger partial charge < -0.3 is 15.4 Å². The van der Waals surface area contributed by atoms with E-state index in [-0.39, 0.29) is 29.9 Å². The van der Waals surface area contributed by atoms with Crippen LogP contribution in [0.4, 0.5) is 13.2 Å². The molecule has 0 saturated heterocycles. The van der Waals surface area contributed by atoms with Crippen molar-refractivity contribution in [3.05, 3.63) is 59.4 Å². The molecule has 136 valence electrons. The lowest BCUT2D eigenvalue weighted by molar-refractivity contribution is 0.244. The highest BCUT2D eigenvalue weighted by molar-refractivity contribution is 5.92. The van der Waals surface area contributed by atoms with E-state index in [0.717, 1.165) is 30.0 Å². The number of benzene rings is 2. The zero-order chi connectivity index (χ0) is 18.3. The lowest BCUT2D eigenvalue weighted by Gasteiger charge is -2.36. The van der Waals surface area contributed by atoms with Crippen molar-refractivity contribution in [3.63, 3.8) is 0 Å². The predicted molar refractivity (Wildman–Crippen MR) is 94.5 cm³/mol. The number of aliphatic hydroxyl groups excluding tert-OH is 1. The summed E-state index contributed by atoms with van der Waals surface area (Å²) in [5.41, 5.74) is 2.58. The number of hydrogen-bond acceptors (Lipinski definition) is 2. The van der Waals surface area contributed by atoms with Crippen LogP contribution in [0, 0.1) is 17.5 Å². The molecule has 1 fully saturated rings. The monoisotopic (exact) mass is 360 g/mol. The smallest absolute Gasteiger partial charge is 0.150 e. The van der Waals surface area contributed by atoms with Gasteiger partial charge in [-0.1, -0.05) is 0 Å². The lowest BCUT2D eigenvalue weighted by atomic mass is 9.74. The third kappa shape index (κ3) is 2.99. The van der Waals surface area contributed by atoms with Gasteiger partial charge in [-0.25, -0.2) is 13.2 Å². The highest BCUT2D eigenvalue weighted by atomic mass is 19.1. The average Bonchev–Trinajstić information content (AvgIpc) is 2.94. The minimum Gasteiger partial charge on any atom is -0.395 e. The van der Waals surface area contributed by atoms with Crippen LogP contribution in [0.15, 0.2) is 36.4 Å². The fourth-order valence-electron chi connectivity index (χ4n) is 3.80. The van der Waals surface area contributed by atoms with Gasteiger partial charge in [0, 0.05) is 24.0 Å². The van der Waals surface area contributed by atoms with E-state index in [1.54, 1.807) is 12.1 Å². The summed E-state index contributed by atoms with van der Waals surface area (Å²) in [5, 5.41) is 12.7. The van der Waals surface area contributed by atoms with Gasteiger partial charge in [-0.3, -0.25) is 0 Å². The molecule has 1 aliphatic rings. The highest BCUT2D eigenvalue weighted by Gasteiger charge is 2.34. The average molecular weight is 360 g/mol. The quantitative estimate of drug-likeness (QED) is 0.642. The number of aliphatic hydroxyl groups is 1. The molecule has 0 bridgehead atoms. The van der Waals surface area contributed by atoms with E-state index in [4.69, 9.17) is 5.11 Å². The summed E-state index contributed by atoms with van der Waals surface area (Å²) in [7, 11) is 0. The molecule has 0 unspecified atom stereocenters. The molecule has 3 nitrogen and oxygen atoms in total. The number of fused-ring (bicyclic) bond motifs is 1. The van der Waals surface area contributed by atoms with Gasteiger partial charge in [0.1, 0.15) is 17.5 Å². The van der Waals surface area contributed by atoms with Crippen LogP contribution in [0.3, 0.4) is 0 Å². The Kier molecular flexibility index (Phi) is 4.46. The summed E-state index contributed by atoms with van der Waals surface area (Å²) >= 11 is 0. The van der Waals surface area contributed by atoms with Gasteiger partial charge in [-0.05, 0) is 60.2 Å². The molecule has 3 aromatic rings. The van der Waals surface area contributed by atoms with E-state index in [2.05, 4.69) is 10.3 Å². The fourth-order valence-corrected chi connectivity index (χ4v) is 3.80. The van der Waals surface area contributed by atoms with Crippen molar-refractivity contribution in [2.24, 2.45) is 0 Å². The Hall–Kier alpha value is -2.31. The van der Waals surface area contributed by atoms with Gasteiger partial charge in [0.2, 0.25) is 0 Å². The number of rotatable bonds is 5. The molecule has 0 atom stereocenters. The molecule has 0 spiro atoms. The van der Waals surface area contributed by atoms with Crippen molar-refractivity contribution in [2.75, 3.05) is 13.2 Å². The van der Waals surface area contributed by atoms with E-state index in [9.17, 15) is 13.2 Å². The highest BCUT2D eigenvalue weighted by Crippen LogP contribution is 2.45. The zero-order valence-corrected chi connectivity index (χ0v) is 14.0. The van der Waals surface area contributed by atoms with Crippen molar-refractivity contribution in [1.82, 2.24) is 10.3 Å².